The molecule has 0 bridgehead atoms. The Hall–Kier alpha value is -2.55. The Balaban J connectivity index is 1.48. The second kappa shape index (κ2) is 9.52. The molecule has 1 saturated carbocycles. The van der Waals surface area contributed by atoms with E-state index in [1.807, 2.05) is 0 Å². The van der Waals surface area contributed by atoms with Crippen LogP contribution in [0.1, 0.15) is 51.9 Å². The van der Waals surface area contributed by atoms with Gasteiger partial charge in [0.05, 0.1) is 37.1 Å². The molecule has 1 aromatic rings. The van der Waals surface area contributed by atoms with Gasteiger partial charge < -0.3 is 24.4 Å². The molecule has 3 heterocycles. The molecule has 4 rings (SSSR count). The molecule has 2 N–H and O–H groups in total. The number of anilines is 2. The van der Waals surface area contributed by atoms with Crippen LogP contribution in [0.5, 0.6) is 5.75 Å². The third-order valence-electron chi connectivity index (χ3n) is 7.10. The molecule has 2 aliphatic heterocycles. The zero-order chi connectivity index (χ0) is 22.7. The number of hydrogen-bond donors (Lipinski definition) is 2. The first-order chi connectivity index (χ1) is 15.5. The normalized spacial score (nSPS) is 28.2. The van der Waals surface area contributed by atoms with Gasteiger partial charge in [0.1, 0.15) is 0 Å². The fourth-order valence-corrected chi connectivity index (χ4v) is 5.44. The summed E-state index contributed by atoms with van der Waals surface area (Å²) in [4.78, 5) is 34.0. The number of pyridine rings is 1. The van der Waals surface area contributed by atoms with Gasteiger partial charge in [0.15, 0.2) is 11.6 Å². The van der Waals surface area contributed by atoms with E-state index in [9.17, 15) is 14.7 Å². The molecule has 1 aliphatic carbocycles. The van der Waals surface area contributed by atoms with Crippen LogP contribution in [0.3, 0.4) is 0 Å². The largest absolute Gasteiger partial charge is 0.493 e. The van der Waals surface area contributed by atoms with E-state index in [1.54, 1.807) is 26.3 Å². The van der Waals surface area contributed by atoms with Crippen molar-refractivity contribution in [2.24, 2.45) is 5.41 Å². The molecule has 0 aromatic carbocycles. The molecule has 1 atom stereocenters. The van der Waals surface area contributed by atoms with E-state index in [0.717, 1.165) is 58.0 Å². The van der Waals surface area contributed by atoms with Crippen LogP contribution in [0.25, 0.3) is 0 Å². The maximum absolute atomic E-state index is 13.6. The second-order valence-electron chi connectivity index (χ2n) is 9.11. The predicted octanol–water partition coefficient (Wildman–Crippen LogP) is 2.78. The van der Waals surface area contributed by atoms with Gasteiger partial charge in [0.25, 0.3) is 0 Å². The number of nitrogens with one attached hydrogen (secondary N) is 1. The molecule has 1 aromatic heterocycles. The van der Waals surface area contributed by atoms with Crippen molar-refractivity contribution in [3.05, 3.63) is 12.3 Å². The number of aliphatic hydroxyl groups excluding tert-OH is 1. The van der Waals surface area contributed by atoms with Crippen LogP contribution in [0.2, 0.25) is 0 Å². The summed E-state index contributed by atoms with van der Waals surface area (Å²) < 4.78 is 10.5. The van der Waals surface area contributed by atoms with Crippen molar-refractivity contribution in [1.29, 1.82) is 0 Å². The average Bonchev–Trinajstić information content (AvgIpc) is 3.09. The van der Waals surface area contributed by atoms with Gasteiger partial charge in [-0.2, -0.15) is 0 Å². The lowest BCUT2D eigenvalue weighted by atomic mass is 9.78. The minimum atomic E-state index is -0.534. The number of likely N-dealkylation sites (tertiary alicyclic amines) is 1. The van der Waals surface area contributed by atoms with Gasteiger partial charge in [-0.25, -0.2) is 9.78 Å². The topological polar surface area (TPSA) is 104 Å². The van der Waals surface area contributed by atoms with Crippen molar-refractivity contribution in [3.63, 3.8) is 0 Å². The van der Waals surface area contributed by atoms with Gasteiger partial charge in [0.2, 0.25) is 5.91 Å². The molecule has 2 amide bonds. The van der Waals surface area contributed by atoms with Crippen LogP contribution in [0, 0.1) is 5.41 Å². The van der Waals surface area contributed by atoms with Gasteiger partial charge in [0, 0.05) is 31.7 Å². The maximum Gasteiger partial charge on any atom is 0.411 e. The Kier molecular flexibility index (Phi) is 6.74. The van der Waals surface area contributed by atoms with E-state index in [2.05, 4.69) is 20.1 Å². The van der Waals surface area contributed by atoms with Crippen molar-refractivity contribution in [2.75, 3.05) is 43.6 Å². The molecule has 2 saturated heterocycles. The number of carbonyl (C=O) groups is 2. The smallest absolute Gasteiger partial charge is 0.411 e. The quantitative estimate of drug-likeness (QED) is 0.717. The summed E-state index contributed by atoms with van der Waals surface area (Å²) in [5.41, 5.74) is 0.112. The summed E-state index contributed by atoms with van der Waals surface area (Å²) in [6.07, 6.45) is 6.82. The van der Waals surface area contributed by atoms with E-state index in [-0.39, 0.29) is 30.1 Å². The minimum absolute atomic E-state index is 0.220. The first-order valence-corrected chi connectivity index (χ1v) is 11.7. The molecule has 0 radical (unpaired) electrons. The van der Waals surface area contributed by atoms with E-state index in [1.165, 1.54) is 0 Å². The lowest BCUT2D eigenvalue weighted by molar-refractivity contribution is -0.139. The third kappa shape index (κ3) is 4.48. The first-order valence-electron chi connectivity index (χ1n) is 11.7. The Bertz CT molecular complexity index is 842. The molecule has 9 nitrogen and oxygen atoms in total. The lowest BCUT2D eigenvalue weighted by Gasteiger charge is -2.41. The second-order valence-corrected chi connectivity index (χ2v) is 9.11. The summed E-state index contributed by atoms with van der Waals surface area (Å²) in [5, 5.41) is 12.5. The zero-order valence-corrected chi connectivity index (χ0v) is 19.0. The number of rotatable bonds is 5. The standard InChI is InChI=1S/C23H34N4O5/c1-3-32-22(30)25-16-13-19(31-2)20(24-14-16)26-11-4-9-23(15-26)10-12-27(21(23)29)17-5-7-18(28)8-6-17/h13-14,17-18,28H,3-12,15H2,1-2H3,(H,25,30). The molecule has 3 fully saturated rings. The van der Waals surface area contributed by atoms with E-state index in [4.69, 9.17) is 9.47 Å². The van der Waals surface area contributed by atoms with Crippen molar-refractivity contribution < 1.29 is 24.2 Å². The Morgan fingerprint density at radius 1 is 1.28 bits per heavy atom. The van der Waals surface area contributed by atoms with Crippen LogP contribution < -0.4 is 15.0 Å². The number of ether oxygens (including phenoxy) is 2. The molecular weight excluding hydrogens is 412 g/mol. The Morgan fingerprint density at radius 2 is 2.06 bits per heavy atom. The molecule has 32 heavy (non-hydrogen) atoms. The highest BCUT2D eigenvalue weighted by atomic mass is 16.5. The number of hydrogen-bond acceptors (Lipinski definition) is 7. The van der Waals surface area contributed by atoms with Crippen LogP contribution in [-0.2, 0) is 9.53 Å². The van der Waals surface area contributed by atoms with Crippen LogP contribution in [0.4, 0.5) is 16.3 Å². The molecule has 1 unspecified atom stereocenters. The SMILES string of the molecule is CCOC(=O)Nc1cnc(N2CCCC3(CCN(C4CCC(O)CC4)C3=O)C2)c(OC)c1. The molecule has 3 aliphatic rings. The number of carbonyl (C=O) groups excluding carboxylic acids is 2. The molecule has 1 spiro atoms. The molecule has 176 valence electrons. The third-order valence-corrected chi connectivity index (χ3v) is 7.10. The van der Waals surface area contributed by atoms with Gasteiger partial charge in [-0.3, -0.25) is 10.1 Å². The predicted molar refractivity (Wildman–Crippen MR) is 120 cm³/mol. The van der Waals surface area contributed by atoms with Gasteiger partial charge in [-0.1, -0.05) is 0 Å². The summed E-state index contributed by atoms with van der Waals surface area (Å²) in [5.74, 6) is 1.50. The van der Waals surface area contributed by atoms with Crippen LogP contribution in [-0.4, -0.2) is 72.5 Å². The summed E-state index contributed by atoms with van der Waals surface area (Å²) >= 11 is 0. The maximum atomic E-state index is 13.6. The van der Waals surface area contributed by atoms with E-state index in [0.29, 0.717) is 23.8 Å². The van der Waals surface area contributed by atoms with Gasteiger partial charge in [-0.15, -0.1) is 0 Å². The summed E-state index contributed by atoms with van der Waals surface area (Å²) in [6, 6.07) is 1.98. The minimum Gasteiger partial charge on any atom is -0.493 e. The monoisotopic (exact) mass is 446 g/mol. The highest BCUT2D eigenvalue weighted by Crippen LogP contribution is 2.44. The van der Waals surface area contributed by atoms with E-state index >= 15 is 0 Å². The number of piperidine rings is 1. The van der Waals surface area contributed by atoms with Gasteiger partial charge in [-0.05, 0) is 51.9 Å². The number of methoxy groups -OCH3 is 1. The summed E-state index contributed by atoms with van der Waals surface area (Å²) in [6.45, 7) is 4.25. The summed E-state index contributed by atoms with van der Waals surface area (Å²) in [7, 11) is 1.58. The fourth-order valence-electron chi connectivity index (χ4n) is 5.44. The average molecular weight is 447 g/mol. The van der Waals surface area contributed by atoms with Gasteiger partial charge >= 0.3 is 6.09 Å². The first kappa shape index (κ1) is 22.6. The number of amides is 2. The lowest BCUT2D eigenvalue weighted by Crippen LogP contribution is -2.50. The highest BCUT2D eigenvalue weighted by Gasteiger charge is 2.51. The molecular formula is C23H34N4O5. The van der Waals surface area contributed by atoms with Crippen LogP contribution in [0.15, 0.2) is 12.3 Å². The number of nitrogens with zero attached hydrogens (tertiary/aromatic N) is 3. The Labute approximate surface area is 189 Å². The Morgan fingerprint density at radius 3 is 2.78 bits per heavy atom. The van der Waals surface area contributed by atoms with Crippen molar-refractivity contribution in [3.8, 4) is 5.75 Å². The fraction of sp³-hybridized carbons (Fsp3) is 0.696. The van der Waals surface area contributed by atoms with Crippen molar-refractivity contribution in [2.45, 2.75) is 64.0 Å². The zero-order valence-electron chi connectivity index (χ0n) is 19.0. The van der Waals surface area contributed by atoms with Crippen LogP contribution >= 0.6 is 0 Å². The van der Waals surface area contributed by atoms with Crippen molar-refractivity contribution in [1.82, 2.24) is 9.88 Å². The highest BCUT2D eigenvalue weighted by molar-refractivity contribution is 5.87. The van der Waals surface area contributed by atoms with E-state index < -0.39 is 6.09 Å². The van der Waals surface area contributed by atoms with Crippen molar-refractivity contribution >= 4 is 23.5 Å². The number of aliphatic hydroxyl groups is 1. The molecule has 9 heteroatoms. The number of aromatic nitrogens is 1.